The first-order valence-corrected chi connectivity index (χ1v) is 10.3. The summed E-state index contributed by atoms with van der Waals surface area (Å²) in [6.45, 7) is 1.77. The van der Waals surface area contributed by atoms with Gasteiger partial charge in [0, 0.05) is 29.2 Å². The van der Waals surface area contributed by atoms with E-state index < -0.39 is 29.1 Å². The van der Waals surface area contributed by atoms with Crippen LogP contribution in [0, 0.1) is 24.4 Å². The van der Waals surface area contributed by atoms with Gasteiger partial charge < -0.3 is 14.9 Å². The fraction of sp³-hybridized carbons (Fsp3) is 0.250. The largest absolute Gasteiger partial charge is 0.350 e. The Bertz CT molecular complexity index is 1470. The predicted octanol–water partition coefficient (Wildman–Crippen LogP) is 4.88. The van der Waals surface area contributed by atoms with Crippen molar-refractivity contribution in [2.75, 3.05) is 7.05 Å². The number of aromatic amines is 2. The highest BCUT2D eigenvalue weighted by molar-refractivity contribution is 5.99. The van der Waals surface area contributed by atoms with E-state index in [1.165, 1.54) is 17.0 Å². The summed E-state index contributed by atoms with van der Waals surface area (Å²) in [5.41, 5.74) is 2.30. The van der Waals surface area contributed by atoms with Crippen LogP contribution in [0.25, 0.3) is 21.7 Å². The Labute approximate surface area is 180 Å². The van der Waals surface area contributed by atoms with Crippen LogP contribution >= 0.6 is 0 Å². The Hall–Kier alpha value is -3.55. The normalized spacial score (nSPS) is 15.8. The molecule has 0 saturated heterocycles. The molecule has 0 bridgehead atoms. The van der Waals surface area contributed by atoms with Gasteiger partial charge in [0.2, 0.25) is 0 Å². The highest BCUT2D eigenvalue weighted by atomic mass is 19.2. The molecule has 1 atom stereocenters. The third-order valence-electron chi connectivity index (χ3n) is 6.35. The summed E-state index contributed by atoms with van der Waals surface area (Å²) in [5, 5.41) is 1.10. The molecule has 2 N–H and O–H groups in total. The maximum Gasteiger partial charge on any atom is 0.270 e. The molecule has 4 aromatic rings. The summed E-state index contributed by atoms with van der Waals surface area (Å²) in [6, 6.07) is 5.91. The van der Waals surface area contributed by atoms with Crippen LogP contribution in [0.2, 0.25) is 0 Å². The van der Waals surface area contributed by atoms with Crippen LogP contribution in [0.5, 0.6) is 0 Å². The van der Waals surface area contributed by atoms with Crippen LogP contribution in [-0.2, 0) is 6.42 Å². The van der Waals surface area contributed by atoms with E-state index in [1.807, 2.05) is 0 Å². The van der Waals surface area contributed by atoms with Crippen LogP contribution in [0.4, 0.5) is 13.2 Å². The van der Waals surface area contributed by atoms with Crippen molar-refractivity contribution in [2.45, 2.75) is 32.2 Å². The molecule has 2 aromatic heterocycles. The number of nitrogens with one attached hydrogen (secondary N) is 2. The molecule has 0 fully saturated rings. The van der Waals surface area contributed by atoms with Gasteiger partial charge in [0.05, 0.1) is 11.4 Å². The molecule has 0 unspecified atom stereocenters. The van der Waals surface area contributed by atoms with E-state index in [-0.39, 0.29) is 11.3 Å². The van der Waals surface area contributed by atoms with Gasteiger partial charge in [-0.3, -0.25) is 9.59 Å². The fourth-order valence-electron chi connectivity index (χ4n) is 4.79. The van der Waals surface area contributed by atoms with Crippen molar-refractivity contribution in [3.63, 3.8) is 0 Å². The second kappa shape index (κ2) is 7.25. The zero-order chi connectivity index (χ0) is 22.7. The number of nitrogens with zero attached hydrogens (tertiary/aromatic N) is 1. The van der Waals surface area contributed by atoms with Gasteiger partial charge in [0.15, 0.2) is 11.6 Å². The molecular weight excluding hydrogens is 419 g/mol. The Morgan fingerprint density at radius 1 is 1.00 bits per heavy atom. The number of rotatable bonds is 2. The van der Waals surface area contributed by atoms with Crippen LogP contribution in [0.1, 0.15) is 46.2 Å². The van der Waals surface area contributed by atoms with Crippen molar-refractivity contribution in [1.29, 1.82) is 0 Å². The van der Waals surface area contributed by atoms with Gasteiger partial charge in [-0.2, -0.15) is 0 Å². The van der Waals surface area contributed by atoms with Crippen molar-refractivity contribution in [3.8, 4) is 0 Å². The number of H-pyrrole nitrogens is 2. The van der Waals surface area contributed by atoms with E-state index in [0.717, 1.165) is 23.9 Å². The van der Waals surface area contributed by atoms with Crippen molar-refractivity contribution in [2.24, 2.45) is 0 Å². The molecule has 2 aromatic carbocycles. The first-order chi connectivity index (χ1) is 15.2. The number of fused-ring (bicyclic) bond motifs is 4. The van der Waals surface area contributed by atoms with E-state index in [2.05, 4.69) is 9.97 Å². The Balaban J connectivity index is 1.62. The maximum atomic E-state index is 14.1. The lowest BCUT2D eigenvalue weighted by atomic mass is 9.86. The lowest BCUT2D eigenvalue weighted by Crippen LogP contribution is -2.34. The molecule has 5 nitrogen and oxygen atoms in total. The van der Waals surface area contributed by atoms with Crippen molar-refractivity contribution in [1.82, 2.24) is 14.9 Å². The molecule has 5 rings (SSSR count). The topological polar surface area (TPSA) is 69.0 Å². The molecule has 32 heavy (non-hydrogen) atoms. The van der Waals surface area contributed by atoms with E-state index in [9.17, 15) is 22.8 Å². The van der Waals surface area contributed by atoms with Crippen LogP contribution in [0.3, 0.4) is 0 Å². The molecule has 2 heterocycles. The van der Waals surface area contributed by atoms with Crippen molar-refractivity contribution in [3.05, 3.63) is 80.7 Å². The Morgan fingerprint density at radius 2 is 1.72 bits per heavy atom. The number of halogens is 3. The smallest absolute Gasteiger partial charge is 0.270 e. The molecule has 1 aliphatic rings. The predicted molar refractivity (Wildman–Crippen MR) is 115 cm³/mol. The van der Waals surface area contributed by atoms with Crippen LogP contribution in [0.15, 0.2) is 35.1 Å². The molecule has 0 spiro atoms. The number of aryl methyl sites for hydroxylation is 2. The minimum atomic E-state index is -1.10. The number of aromatic nitrogens is 2. The van der Waals surface area contributed by atoms with E-state index >= 15 is 0 Å². The highest BCUT2D eigenvalue weighted by Gasteiger charge is 2.31. The van der Waals surface area contributed by atoms with Crippen LogP contribution in [-0.4, -0.2) is 27.8 Å². The molecular formula is C24H20F3N3O2. The Morgan fingerprint density at radius 3 is 2.47 bits per heavy atom. The summed E-state index contributed by atoms with van der Waals surface area (Å²) in [5.74, 6) is -2.85. The summed E-state index contributed by atoms with van der Waals surface area (Å²) < 4.78 is 41.7. The van der Waals surface area contributed by atoms with E-state index in [0.29, 0.717) is 46.3 Å². The summed E-state index contributed by atoms with van der Waals surface area (Å²) in [6.07, 6.45) is 1.89. The number of carbonyl (C=O) groups is 1. The number of pyridine rings is 1. The first kappa shape index (κ1) is 20.4. The van der Waals surface area contributed by atoms with Gasteiger partial charge in [0.25, 0.3) is 11.5 Å². The maximum absolute atomic E-state index is 14.1. The number of benzene rings is 2. The summed E-state index contributed by atoms with van der Waals surface area (Å²) in [4.78, 5) is 33.1. The lowest BCUT2D eigenvalue weighted by Gasteiger charge is -2.33. The van der Waals surface area contributed by atoms with Crippen molar-refractivity contribution < 1.29 is 18.0 Å². The zero-order valence-corrected chi connectivity index (χ0v) is 17.5. The molecule has 164 valence electrons. The number of hydrogen-bond acceptors (Lipinski definition) is 2. The van der Waals surface area contributed by atoms with Gasteiger partial charge >= 0.3 is 0 Å². The monoisotopic (exact) mass is 439 g/mol. The number of carbonyl (C=O) groups excluding carboxylic acids is 1. The number of hydrogen-bond donors (Lipinski definition) is 2. The van der Waals surface area contributed by atoms with E-state index in [1.54, 1.807) is 20.0 Å². The van der Waals surface area contributed by atoms with Gasteiger partial charge in [-0.1, -0.05) is 0 Å². The Kier molecular flexibility index (Phi) is 4.62. The summed E-state index contributed by atoms with van der Waals surface area (Å²) >= 11 is 0. The van der Waals surface area contributed by atoms with Gasteiger partial charge in [-0.15, -0.1) is 0 Å². The molecule has 0 saturated carbocycles. The van der Waals surface area contributed by atoms with Gasteiger partial charge in [-0.05, 0) is 67.5 Å². The average molecular weight is 439 g/mol. The van der Waals surface area contributed by atoms with Gasteiger partial charge in [-0.25, -0.2) is 13.2 Å². The third-order valence-corrected chi connectivity index (χ3v) is 6.35. The third kappa shape index (κ3) is 3.09. The SMILES string of the molecule is Cc1cc(F)cc2[nH]c(C(=O)N(C)[C@H]3CCCc4[nH]c(=O)c5cc(F)c(F)cc5c43)cc12. The van der Waals surface area contributed by atoms with E-state index in [4.69, 9.17) is 0 Å². The molecule has 0 radical (unpaired) electrons. The van der Waals surface area contributed by atoms with Crippen LogP contribution < -0.4 is 5.56 Å². The minimum absolute atomic E-state index is 0.0483. The highest BCUT2D eigenvalue weighted by Crippen LogP contribution is 2.38. The lowest BCUT2D eigenvalue weighted by molar-refractivity contribution is 0.0710. The standard InChI is InChI=1S/C24H20F3N3O2/c1-11-6-12(25)7-19-13(11)10-20(28-19)24(32)30(2)21-5-3-4-18-22(21)14-8-16(26)17(27)9-15(14)23(31)29-18/h6-10,21,28H,3-5H2,1-2H3,(H,29,31)/t21-/m0/s1. The second-order valence-electron chi connectivity index (χ2n) is 8.35. The van der Waals surface area contributed by atoms with Gasteiger partial charge in [0.1, 0.15) is 11.5 Å². The zero-order valence-electron chi connectivity index (χ0n) is 17.5. The quantitative estimate of drug-likeness (QED) is 0.467. The first-order valence-electron chi connectivity index (χ1n) is 10.3. The molecule has 1 aliphatic carbocycles. The minimum Gasteiger partial charge on any atom is -0.350 e. The average Bonchev–Trinajstić information content (AvgIpc) is 3.18. The molecule has 1 amide bonds. The number of amides is 1. The molecule has 8 heteroatoms. The second-order valence-corrected chi connectivity index (χ2v) is 8.35. The van der Waals surface area contributed by atoms with Crippen molar-refractivity contribution >= 4 is 27.6 Å². The summed E-state index contributed by atoms with van der Waals surface area (Å²) in [7, 11) is 1.64. The molecule has 0 aliphatic heterocycles. The fourth-order valence-corrected chi connectivity index (χ4v) is 4.79.